The molecule has 0 aromatic rings. The van der Waals surface area contributed by atoms with Gasteiger partial charge >= 0.3 is 13.1 Å². The van der Waals surface area contributed by atoms with E-state index in [0.717, 1.165) is 24.6 Å². The third kappa shape index (κ3) is 12.3. The minimum atomic E-state index is -3.77. The monoisotopic (exact) mass is 485 g/mol. The molecule has 0 amide bonds. The van der Waals surface area contributed by atoms with Crippen molar-refractivity contribution in [2.75, 3.05) is 26.7 Å². The van der Waals surface area contributed by atoms with Crippen LogP contribution in [0.5, 0.6) is 0 Å². The molecule has 1 fully saturated rings. The lowest BCUT2D eigenvalue weighted by Gasteiger charge is -2.26. The van der Waals surface area contributed by atoms with Crippen LogP contribution in [0.1, 0.15) is 46.5 Å². The lowest BCUT2D eigenvalue weighted by Crippen LogP contribution is -2.55. The molecule has 1 aliphatic rings. The first-order valence-corrected chi connectivity index (χ1v) is 11.4. The number of carboxylic acid groups (broad SMARTS) is 3. The highest BCUT2D eigenvalue weighted by molar-refractivity contribution is 7.86. The Labute approximate surface area is 189 Å². The van der Waals surface area contributed by atoms with Crippen LogP contribution in [-0.2, 0) is 24.6 Å². The molecular formula is C17H36BN3O10S. The van der Waals surface area contributed by atoms with Gasteiger partial charge in [-0.2, -0.15) is 17.0 Å². The lowest BCUT2D eigenvalue weighted by molar-refractivity contribution is -0.144. The number of hydrogen-bond donors (Lipinski definition) is 6. The summed E-state index contributed by atoms with van der Waals surface area (Å²) in [6.45, 7) is 4.22. The number of unbranched alkanes of at least 4 members (excludes halogenated alkanes) is 1. The molecule has 188 valence electrons. The van der Waals surface area contributed by atoms with E-state index in [-0.39, 0.29) is 19.4 Å². The molecule has 1 rings (SSSR count). The molecule has 0 aliphatic carbocycles. The molecule has 0 bridgehead atoms. The van der Waals surface area contributed by atoms with Gasteiger partial charge in [-0.1, -0.05) is 19.8 Å². The predicted octanol–water partition coefficient (Wildman–Crippen LogP) is -0.888. The first-order valence-electron chi connectivity index (χ1n) is 10.0. The highest BCUT2D eigenvalue weighted by Gasteiger charge is 2.52. The normalized spacial score (nSPS) is 20.6. The van der Waals surface area contributed by atoms with E-state index in [2.05, 4.69) is 0 Å². The lowest BCUT2D eigenvalue weighted by atomic mass is 9.78. The first kappa shape index (κ1) is 32.4. The Bertz CT molecular complexity index is 687. The van der Waals surface area contributed by atoms with Crippen molar-refractivity contribution in [1.29, 1.82) is 0 Å². The molecule has 1 saturated heterocycles. The van der Waals surface area contributed by atoms with E-state index in [4.69, 9.17) is 35.6 Å². The van der Waals surface area contributed by atoms with Crippen LogP contribution in [0.2, 0.25) is 6.32 Å². The minimum absolute atomic E-state index is 0.0170. The average Bonchev–Trinajstić information content (AvgIpc) is 2.97. The largest absolute Gasteiger partial charge is 0.481 e. The Morgan fingerprint density at radius 1 is 1.12 bits per heavy atom. The summed E-state index contributed by atoms with van der Waals surface area (Å²) in [5.74, 6) is -3.49. The van der Waals surface area contributed by atoms with Crippen LogP contribution < -0.4 is 5.73 Å². The van der Waals surface area contributed by atoms with Gasteiger partial charge in [0.15, 0.2) is 0 Å². The second-order valence-corrected chi connectivity index (χ2v) is 9.50. The molecule has 0 spiro atoms. The zero-order valence-corrected chi connectivity index (χ0v) is 19.8. The van der Waals surface area contributed by atoms with Crippen LogP contribution in [0, 0.1) is 5.92 Å². The van der Waals surface area contributed by atoms with Gasteiger partial charge in [-0.25, -0.2) is 0 Å². The molecular weight excluding hydrogens is 449 g/mol. The maximum absolute atomic E-state index is 12.6. The summed E-state index contributed by atoms with van der Waals surface area (Å²) >= 11 is 0. The molecule has 32 heavy (non-hydrogen) atoms. The molecule has 1 aliphatic heterocycles. The summed E-state index contributed by atoms with van der Waals surface area (Å²) in [7, 11) is -3.76. The maximum atomic E-state index is 12.6. The van der Waals surface area contributed by atoms with Crippen molar-refractivity contribution < 1.29 is 48.2 Å². The van der Waals surface area contributed by atoms with Crippen LogP contribution in [0.25, 0.3) is 0 Å². The smallest absolute Gasteiger partial charge is 0.451 e. The van der Waals surface area contributed by atoms with Crippen LogP contribution in [0.4, 0.5) is 0 Å². The predicted molar refractivity (Wildman–Crippen MR) is 117 cm³/mol. The number of carboxylic acids is 3. The van der Waals surface area contributed by atoms with E-state index >= 15 is 0 Å². The van der Waals surface area contributed by atoms with Gasteiger partial charge < -0.3 is 31.1 Å². The molecule has 15 heteroatoms. The average molecular weight is 485 g/mol. The van der Waals surface area contributed by atoms with E-state index in [0.29, 0.717) is 25.8 Å². The fourth-order valence-electron chi connectivity index (χ4n) is 2.90. The van der Waals surface area contributed by atoms with E-state index in [1.165, 1.54) is 11.4 Å². The van der Waals surface area contributed by atoms with Gasteiger partial charge in [-0.3, -0.25) is 14.4 Å². The van der Waals surface area contributed by atoms with Crippen molar-refractivity contribution in [3.8, 4) is 0 Å². The number of rotatable bonds is 10. The van der Waals surface area contributed by atoms with Gasteiger partial charge in [0.2, 0.25) is 0 Å². The zero-order valence-electron chi connectivity index (χ0n) is 19.0. The van der Waals surface area contributed by atoms with Crippen LogP contribution in [0.3, 0.4) is 0 Å². The van der Waals surface area contributed by atoms with Gasteiger partial charge in [0.1, 0.15) is 5.54 Å². The highest BCUT2D eigenvalue weighted by Crippen LogP contribution is 2.32. The number of nitrogens with zero attached hydrogens (tertiary/aromatic N) is 2. The summed E-state index contributed by atoms with van der Waals surface area (Å²) in [5, 5.41) is 42.1. The van der Waals surface area contributed by atoms with Crippen molar-refractivity contribution in [3.05, 3.63) is 0 Å². The van der Waals surface area contributed by atoms with E-state index in [9.17, 15) is 18.3 Å². The Morgan fingerprint density at radius 3 is 1.97 bits per heavy atom. The molecule has 7 N–H and O–H groups in total. The van der Waals surface area contributed by atoms with Gasteiger partial charge in [0.05, 0.1) is 0 Å². The van der Waals surface area contributed by atoms with Crippen molar-refractivity contribution in [2.24, 2.45) is 11.7 Å². The van der Waals surface area contributed by atoms with Crippen molar-refractivity contribution in [3.63, 3.8) is 0 Å². The van der Waals surface area contributed by atoms with Gasteiger partial charge in [0, 0.05) is 46.4 Å². The molecule has 0 radical (unpaired) electrons. The third-order valence-corrected chi connectivity index (χ3v) is 6.45. The van der Waals surface area contributed by atoms with Crippen molar-refractivity contribution in [2.45, 2.75) is 58.3 Å². The fraction of sp³-hybridized carbons (Fsp3) is 0.824. The minimum Gasteiger partial charge on any atom is -0.481 e. The van der Waals surface area contributed by atoms with Crippen LogP contribution in [-0.4, -0.2) is 99.6 Å². The summed E-state index contributed by atoms with van der Waals surface area (Å²) in [5.41, 5.74) is 4.33. The Kier molecular flexibility index (Phi) is 15.3. The number of hydrogen-bond acceptors (Lipinski definition) is 8. The quantitative estimate of drug-likeness (QED) is 0.208. The SMILES string of the molecule is CC(=O)O.CC(=O)O.CCCCN(C)S(=O)(=O)N1C[C@H](CCCB(O)O)[C@](N)(C(=O)O)C1. The Morgan fingerprint density at radius 2 is 1.59 bits per heavy atom. The molecule has 2 atom stereocenters. The topological polar surface area (TPSA) is 219 Å². The van der Waals surface area contributed by atoms with Gasteiger partial charge in [-0.05, 0) is 19.2 Å². The molecule has 0 aromatic carbocycles. The first-order chi connectivity index (χ1) is 14.5. The second kappa shape index (κ2) is 15.1. The molecule has 0 aromatic heterocycles. The van der Waals surface area contributed by atoms with E-state index in [1.54, 1.807) is 0 Å². The van der Waals surface area contributed by atoms with E-state index in [1.807, 2.05) is 6.92 Å². The summed E-state index contributed by atoms with van der Waals surface area (Å²) in [4.78, 5) is 29.6. The Balaban J connectivity index is 0. The summed E-state index contributed by atoms with van der Waals surface area (Å²) < 4.78 is 27.5. The van der Waals surface area contributed by atoms with Gasteiger partial charge in [0.25, 0.3) is 22.1 Å². The van der Waals surface area contributed by atoms with Crippen molar-refractivity contribution in [1.82, 2.24) is 8.61 Å². The van der Waals surface area contributed by atoms with Crippen LogP contribution in [0.15, 0.2) is 0 Å². The highest BCUT2D eigenvalue weighted by atomic mass is 32.2. The molecule has 0 unspecified atom stereocenters. The third-order valence-electron chi connectivity index (χ3n) is 4.55. The maximum Gasteiger partial charge on any atom is 0.451 e. The van der Waals surface area contributed by atoms with Crippen molar-refractivity contribution >= 4 is 35.2 Å². The molecule has 0 saturated carbocycles. The van der Waals surface area contributed by atoms with E-state index < -0.39 is 46.7 Å². The zero-order chi connectivity index (χ0) is 25.7. The number of nitrogens with two attached hydrogens (primary N) is 1. The fourth-order valence-corrected chi connectivity index (χ4v) is 4.40. The van der Waals surface area contributed by atoms with Crippen LogP contribution >= 0.6 is 0 Å². The Hall–Kier alpha value is -1.78. The molecule has 1 heterocycles. The number of carbonyl (C=O) groups is 3. The summed E-state index contributed by atoms with van der Waals surface area (Å²) in [6, 6.07) is 0. The number of aliphatic carboxylic acids is 3. The molecule has 13 nitrogen and oxygen atoms in total. The standard InChI is InChI=1S/C13H28BN3O6S.2C2H4O2/c1-3-4-8-16(2)24(22,23)17-9-11(6-5-7-14(20)21)13(15,10-17)12(18)19;2*1-2(3)4/h11,20-21H,3-10,15H2,1-2H3,(H,18,19);2*1H3,(H,3,4)/t11-,13-;;/m0../s1. The summed E-state index contributed by atoms with van der Waals surface area (Å²) in [6.07, 6.45) is 2.32. The van der Waals surface area contributed by atoms with Gasteiger partial charge in [-0.15, -0.1) is 0 Å². The second-order valence-electron chi connectivity index (χ2n) is 7.47.